The highest BCUT2D eigenvalue weighted by Gasteiger charge is 2.35. The molecule has 1 saturated heterocycles. The van der Waals surface area contributed by atoms with Gasteiger partial charge in [0.15, 0.2) is 0 Å². The smallest absolute Gasteiger partial charge is 0.293 e. The van der Waals surface area contributed by atoms with E-state index in [4.69, 9.17) is 9.47 Å². The molecule has 0 radical (unpaired) electrons. The fraction of sp³-hybridized carbons (Fsp3) is 0.212. The fourth-order valence-electron chi connectivity index (χ4n) is 4.34. The Morgan fingerprint density at radius 1 is 0.769 bits per heavy atom. The number of hydrogen-bond acceptors (Lipinski definition) is 5. The molecule has 5 nitrogen and oxygen atoms in total. The van der Waals surface area contributed by atoms with Crippen LogP contribution in [0.1, 0.15) is 37.5 Å². The normalized spacial score (nSPS) is 14.8. The first-order valence-electron chi connectivity index (χ1n) is 13.0. The molecule has 0 aromatic heterocycles. The van der Waals surface area contributed by atoms with Gasteiger partial charge in [-0.2, -0.15) is 0 Å². The van der Waals surface area contributed by atoms with E-state index in [0.717, 1.165) is 39.4 Å². The van der Waals surface area contributed by atoms with Gasteiger partial charge in [-0.3, -0.25) is 14.5 Å². The Morgan fingerprint density at radius 3 is 2.03 bits per heavy atom. The molecular formula is C33H31NO4S. The number of carbonyl (C=O) groups is 2. The molecule has 0 aliphatic carbocycles. The summed E-state index contributed by atoms with van der Waals surface area (Å²) in [4.78, 5) is 27.3. The van der Waals surface area contributed by atoms with E-state index in [1.165, 1.54) is 10.5 Å². The molecule has 4 aromatic carbocycles. The second-order valence-electron chi connectivity index (χ2n) is 10.5. The second-order valence-corrected chi connectivity index (χ2v) is 11.5. The van der Waals surface area contributed by atoms with Crippen molar-refractivity contribution < 1.29 is 19.1 Å². The Kier molecular flexibility index (Phi) is 7.75. The van der Waals surface area contributed by atoms with Crippen LogP contribution in [-0.4, -0.2) is 29.3 Å². The van der Waals surface area contributed by atoms with Crippen LogP contribution in [0, 0.1) is 0 Å². The number of thioether (sulfide) groups is 1. The predicted octanol–water partition coefficient (Wildman–Crippen LogP) is 7.83. The highest BCUT2D eigenvalue weighted by molar-refractivity contribution is 8.18. The molecule has 6 heteroatoms. The average Bonchev–Trinajstić information content (AvgIpc) is 3.19. The summed E-state index contributed by atoms with van der Waals surface area (Å²) in [5, 5.41) is 1.95. The molecule has 4 aromatic rings. The van der Waals surface area contributed by atoms with Gasteiger partial charge in [0.2, 0.25) is 0 Å². The lowest BCUT2D eigenvalue weighted by molar-refractivity contribution is -0.123. The maximum absolute atomic E-state index is 13.0. The number of rotatable bonds is 8. The molecule has 1 fully saturated rings. The molecule has 0 saturated carbocycles. The molecule has 0 N–H and O–H groups in total. The van der Waals surface area contributed by atoms with E-state index in [9.17, 15) is 9.59 Å². The number of amides is 2. The van der Waals surface area contributed by atoms with Crippen molar-refractivity contribution in [2.45, 2.75) is 32.7 Å². The summed E-state index contributed by atoms with van der Waals surface area (Å²) in [5.74, 6) is 1.26. The summed E-state index contributed by atoms with van der Waals surface area (Å²) < 4.78 is 11.6. The topological polar surface area (TPSA) is 55.8 Å². The fourth-order valence-corrected chi connectivity index (χ4v) is 5.18. The van der Waals surface area contributed by atoms with Gasteiger partial charge < -0.3 is 9.47 Å². The van der Waals surface area contributed by atoms with Crippen molar-refractivity contribution in [3.8, 4) is 11.5 Å². The lowest BCUT2D eigenvalue weighted by Crippen LogP contribution is -2.27. The van der Waals surface area contributed by atoms with Gasteiger partial charge in [0.05, 0.1) is 11.4 Å². The monoisotopic (exact) mass is 537 g/mol. The van der Waals surface area contributed by atoms with Crippen LogP contribution in [0.2, 0.25) is 0 Å². The van der Waals surface area contributed by atoms with Crippen LogP contribution in [0.4, 0.5) is 4.79 Å². The minimum Gasteiger partial charge on any atom is -0.490 e. The molecule has 5 rings (SSSR count). The van der Waals surface area contributed by atoms with Crippen molar-refractivity contribution in [3.63, 3.8) is 0 Å². The van der Waals surface area contributed by atoms with Crippen molar-refractivity contribution in [2.75, 3.05) is 13.2 Å². The van der Waals surface area contributed by atoms with Gasteiger partial charge >= 0.3 is 0 Å². The van der Waals surface area contributed by atoms with Crippen LogP contribution in [-0.2, 0) is 16.8 Å². The van der Waals surface area contributed by atoms with Crippen LogP contribution in [0.15, 0.2) is 95.9 Å². The molecule has 0 spiro atoms. The number of ether oxygens (including phenoxy) is 2. The van der Waals surface area contributed by atoms with Gasteiger partial charge in [0, 0.05) is 0 Å². The van der Waals surface area contributed by atoms with E-state index in [1.54, 1.807) is 6.08 Å². The van der Waals surface area contributed by atoms with Crippen LogP contribution in [0.25, 0.3) is 16.8 Å². The average molecular weight is 538 g/mol. The Bertz CT molecular complexity index is 1520. The maximum atomic E-state index is 13.0. The van der Waals surface area contributed by atoms with Gasteiger partial charge in [0.1, 0.15) is 24.7 Å². The second kappa shape index (κ2) is 11.4. The minimum absolute atomic E-state index is 0.111. The molecule has 1 heterocycles. The van der Waals surface area contributed by atoms with E-state index in [2.05, 4.69) is 32.9 Å². The molecule has 1 aliphatic rings. The summed E-state index contributed by atoms with van der Waals surface area (Å²) in [6, 6.07) is 29.6. The molecule has 39 heavy (non-hydrogen) atoms. The lowest BCUT2D eigenvalue weighted by atomic mass is 9.87. The van der Waals surface area contributed by atoms with Gasteiger partial charge in [-0.05, 0) is 81.0 Å². The summed E-state index contributed by atoms with van der Waals surface area (Å²) in [6.45, 7) is 7.65. The standard InChI is InChI=1S/C33H31NO4S/c1-33(2,3)27-12-16-29(17-13-27)38-19-18-37-28-14-9-23(10-15-28)21-30-31(35)34(32(36)39-30)22-24-8-11-25-6-4-5-7-26(25)20-24/h4-17,20-21H,18-19,22H2,1-3H3/b30-21-. The Balaban J connectivity index is 1.14. The summed E-state index contributed by atoms with van der Waals surface area (Å²) in [5.41, 5.74) is 3.12. The predicted molar refractivity (Wildman–Crippen MR) is 158 cm³/mol. The van der Waals surface area contributed by atoms with Crippen molar-refractivity contribution in [1.29, 1.82) is 0 Å². The third-order valence-corrected chi connectivity index (χ3v) is 7.45. The lowest BCUT2D eigenvalue weighted by Gasteiger charge is -2.19. The first-order valence-corrected chi connectivity index (χ1v) is 13.8. The molecule has 0 atom stereocenters. The van der Waals surface area contributed by atoms with Gasteiger partial charge in [-0.1, -0.05) is 81.4 Å². The van der Waals surface area contributed by atoms with Gasteiger partial charge in [-0.25, -0.2) is 0 Å². The largest absolute Gasteiger partial charge is 0.490 e. The first kappa shape index (κ1) is 26.6. The summed E-state index contributed by atoms with van der Waals surface area (Å²) in [7, 11) is 0. The zero-order chi connectivity index (χ0) is 27.4. The van der Waals surface area contributed by atoms with E-state index >= 15 is 0 Å². The third kappa shape index (κ3) is 6.52. The van der Waals surface area contributed by atoms with E-state index < -0.39 is 0 Å². The van der Waals surface area contributed by atoms with Crippen molar-refractivity contribution in [1.82, 2.24) is 4.90 Å². The Hall–Kier alpha value is -4.03. The summed E-state index contributed by atoms with van der Waals surface area (Å²) in [6.07, 6.45) is 1.75. The van der Waals surface area contributed by atoms with Crippen LogP contribution < -0.4 is 9.47 Å². The number of carbonyl (C=O) groups excluding carboxylic acids is 2. The Morgan fingerprint density at radius 2 is 1.38 bits per heavy atom. The maximum Gasteiger partial charge on any atom is 0.293 e. The highest BCUT2D eigenvalue weighted by atomic mass is 32.2. The van der Waals surface area contributed by atoms with Gasteiger partial charge in [0.25, 0.3) is 11.1 Å². The molecule has 198 valence electrons. The molecule has 0 bridgehead atoms. The molecule has 2 amide bonds. The number of benzene rings is 4. The molecule has 0 unspecified atom stereocenters. The van der Waals surface area contributed by atoms with E-state index in [-0.39, 0.29) is 23.1 Å². The quantitative estimate of drug-likeness (QED) is 0.169. The summed E-state index contributed by atoms with van der Waals surface area (Å²) >= 11 is 0.971. The third-order valence-electron chi connectivity index (χ3n) is 6.55. The van der Waals surface area contributed by atoms with Crippen molar-refractivity contribution in [3.05, 3.63) is 113 Å². The first-order chi connectivity index (χ1) is 18.8. The zero-order valence-electron chi connectivity index (χ0n) is 22.3. The highest BCUT2D eigenvalue weighted by Crippen LogP contribution is 2.34. The minimum atomic E-state index is -0.272. The number of fused-ring (bicyclic) bond motifs is 1. The molecule has 1 aliphatic heterocycles. The molecular weight excluding hydrogens is 506 g/mol. The SMILES string of the molecule is CC(C)(C)c1ccc(OCCOc2ccc(/C=C3\SC(=O)N(Cc4ccc5ccccc5c4)C3=O)cc2)cc1. The number of hydrogen-bond donors (Lipinski definition) is 0. The van der Waals surface area contributed by atoms with E-state index in [0.29, 0.717) is 23.9 Å². The number of imide groups is 1. The zero-order valence-corrected chi connectivity index (χ0v) is 23.2. The van der Waals surface area contributed by atoms with Crippen molar-refractivity contribution >= 4 is 39.8 Å². The van der Waals surface area contributed by atoms with Crippen LogP contribution >= 0.6 is 11.8 Å². The van der Waals surface area contributed by atoms with Crippen molar-refractivity contribution in [2.24, 2.45) is 0 Å². The van der Waals surface area contributed by atoms with Crippen LogP contribution in [0.3, 0.4) is 0 Å². The van der Waals surface area contributed by atoms with E-state index in [1.807, 2.05) is 78.9 Å². The Labute approximate surface area is 233 Å². The van der Waals surface area contributed by atoms with Gasteiger partial charge in [-0.15, -0.1) is 0 Å². The number of nitrogens with zero attached hydrogens (tertiary/aromatic N) is 1. The van der Waals surface area contributed by atoms with Crippen LogP contribution in [0.5, 0.6) is 11.5 Å².